The fourth-order valence-corrected chi connectivity index (χ4v) is 7.77. The van der Waals surface area contributed by atoms with Crippen molar-refractivity contribution < 1.29 is 52.7 Å². The van der Waals surface area contributed by atoms with E-state index in [2.05, 4.69) is 44.4 Å². The van der Waals surface area contributed by atoms with E-state index < -0.39 is 43.3 Å². The van der Waals surface area contributed by atoms with E-state index in [-0.39, 0.29) is 24.7 Å². The number of carbonyl (C=O) groups is 2. The summed E-state index contributed by atoms with van der Waals surface area (Å²) in [7, 11) is 0. The molecule has 0 bridgehead atoms. The van der Waals surface area contributed by atoms with E-state index in [4.69, 9.17) is 29.3 Å². The molecular formula is C42H47F3N8O8. The third-order valence-electron chi connectivity index (χ3n) is 11.1. The van der Waals surface area contributed by atoms with Crippen LogP contribution in [0.1, 0.15) is 35.3 Å². The maximum absolute atomic E-state index is 12.8. The Labute approximate surface area is 348 Å². The number of carbonyl (C=O) groups excluding carboxylic acids is 1. The average molecular weight is 849 g/mol. The number of amides is 1. The van der Waals surface area contributed by atoms with E-state index in [0.29, 0.717) is 49.1 Å². The average Bonchev–Trinajstić information content (AvgIpc) is 4.02. The molecule has 3 fully saturated rings. The fourth-order valence-electron chi connectivity index (χ4n) is 7.77. The molecule has 5 heterocycles. The summed E-state index contributed by atoms with van der Waals surface area (Å²) in [4.78, 5) is 42.8. The number of hydrogen-bond donors (Lipinski definition) is 5. The molecule has 5 N–H and O–H groups in total. The van der Waals surface area contributed by atoms with Gasteiger partial charge in [0.15, 0.2) is 23.2 Å². The van der Waals surface area contributed by atoms with Gasteiger partial charge in [-0.15, -0.1) is 0 Å². The van der Waals surface area contributed by atoms with Crippen LogP contribution >= 0.6 is 0 Å². The van der Waals surface area contributed by atoms with Crippen LogP contribution in [0.2, 0.25) is 0 Å². The van der Waals surface area contributed by atoms with Gasteiger partial charge in [-0.25, -0.2) is 14.6 Å². The molecule has 0 aliphatic carbocycles. The number of ether oxygens (including phenoxy) is 2. The van der Waals surface area contributed by atoms with Gasteiger partial charge in [0.1, 0.15) is 24.9 Å². The van der Waals surface area contributed by atoms with Crippen LogP contribution in [0.15, 0.2) is 97.3 Å². The summed E-state index contributed by atoms with van der Waals surface area (Å²) in [6.07, 6.45) is -7.43. The van der Waals surface area contributed by atoms with E-state index in [0.717, 1.165) is 42.7 Å². The number of rotatable bonds is 11. The number of piperazine rings is 1. The van der Waals surface area contributed by atoms with Crippen LogP contribution < -0.4 is 10.2 Å². The lowest BCUT2D eigenvalue weighted by atomic mass is 9.91. The second kappa shape index (κ2) is 19.2. The van der Waals surface area contributed by atoms with Crippen molar-refractivity contribution in [2.45, 2.75) is 55.7 Å². The second-order valence-electron chi connectivity index (χ2n) is 14.9. The standard InChI is InChI=1S/C40H46N8O6.C2HF3O2/c49-24-32-34(50)35(51)38(54-32)48-26-42-33-36(41-22-31(28-12-6-2-7-13-28)29-14-8-3-9-15-29)43-39(44-37(33)48)47-17-16-30(23-47)45-18-20-46(21-19-45)40(52)53-25-27-10-4-1-5-11-27;3-2(4,5)1(6)7/h1-15,26,30-32,34-35,38,49-51H,16-25H2,(H,41,43,44);(H,6,7)/t30?,32-,34-,35-,38-;/m1./s1. The van der Waals surface area contributed by atoms with Crippen molar-refractivity contribution in [1.82, 2.24) is 29.3 Å². The first kappa shape index (κ1) is 43.2. The number of halogens is 3. The highest BCUT2D eigenvalue weighted by Gasteiger charge is 2.44. The summed E-state index contributed by atoms with van der Waals surface area (Å²) in [5.74, 6) is -1.68. The molecule has 61 heavy (non-hydrogen) atoms. The fraction of sp³-hybridized carbons (Fsp3) is 0.405. The first-order chi connectivity index (χ1) is 29.4. The lowest BCUT2D eigenvalue weighted by molar-refractivity contribution is -0.192. The number of aromatic nitrogens is 4. The van der Waals surface area contributed by atoms with Gasteiger partial charge in [0.05, 0.1) is 12.9 Å². The van der Waals surface area contributed by atoms with Gasteiger partial charge in [0.25, 0.3) is 0 Å². The van der Waals surface area contributed by atoms with Crippen LogP contribution in [0.4, 0.5) is 29.7 Å². The topological polar surface area (TPSA) is 199 Å². The molecule has 324 valence electrons. The van der Waals surface area contributed by atoms with Gasteiger partial charge < -0.3 is 45.0 Å². The van der Waals surface area contributed by atoms with Gasteiger partial charge in [-0.3, -0.25) is 9.47 Å². The van der Waals surface area contributed by atoms with Crippen molar-refractivity contribution >= 4 is 35.0 Å². The normalized spacial score (nSPS) is 22.0. The minimum atomic E-state index is -5.08. The number of carboxylic acids is 1. The lowest BCUT2D eigenvalue weighted by Crippen LogP contribution is -2.52. The molecule has 3 aliphatic rings. The van der Waals surface area contributed by atoms with E-state index in [1.807, 2.05) is 66.7 Å². The Hall–Kier alpha value is -5.86. The van der Waals surface area contributed by atoms with Crippen LogP contribution in [0.3, 0.4) is 0 Å². The largest absolute Gasteiger partial charge is 0.490 e. The maximum atomic E-state index is 12.8. The zero-order chi connectivity index (χ0) is 43.1. The summed E-state index contributed by atoms with van der Waals surface area (Å²) in [6.45, 7) is 4.44. The van der Waals surface area contributed by atoms with Gasteiger partial charge in [0.2, 0.25) is 5.95 Å². The van der Waals surface area contributed by atoms with Gasteiger partial charge in [-0.05, 0) is 23.1 Å². The van der Waals surface area contributed by atoms with E-state index >= 15 is 0 Å². The number of aliphatic hydroxyl groups is 3. The quantitative estimate of drug-likeness (QED) is 0.129. The molecule has 1 amide bonds. The Balaban J connectivity index is 0.000000739. The Morgan fingerprint density at radius 1 is 0.869 bits per heavy atom. The summed E-state index contributed by atoms with van der Waals surface area (Å²) in [5, 5.41) is 42.0. The number of fused-ring (bicyclic) bond motifs is 1. The number of aliphatic hydroxyl groups excluding tert-OH is 3. The molecule has 8 rings (SSSR count). The molecule has 0 spiro atoms. The molecule has 5 atom stereocenters. The van der Waals surface area contributed by atoms with Gasteiger partial charge in [-0.1, -0.05) is 91.0 Å². The minimum Gasteiger partial charge on any atom is -0.475 e. The molecule has 16 nitrogen and oxygen atoms in total. The number of benzene rings is 3. The summed E-state index contributed by atoms with van der Waals surface area (Å²) in [5.41, 5.74) is 4.22. The van der Waals surface area contributed by atoms with Crippen LogP contribution in [0.25, 0.3) is 11.2 Å². The van der Waals surface area contributed by atoms with Crippen molar-refractivity contribution in [2.24, 2.45) is 0 Å². The van der Waals surface area contributed by atoms with Crippen molar-refractivity contribution in [3.8, 4) is 0 Å². The number of anilines is 2. The Morgan fingerprint density at radius 2 is 1.48 bits per heavy atom. The molecule has 19 heteroatoms. The molecule has 3 saturated heterocycles. The van der Waals surface area contributed by atoms with Gasteiger partial charge in [-0.2, -0.15) is 23.1 Å². The van der Waals surface area contributed by atoms with Gasteiger partial charge in [0, 0.05) is 57.8 Å². The molecular weight excluding hydrogens is 802 g/mol. The third kappa shape index (κ3) is 10.2. The van der Waals surface area contributed by atoms with Crippen LogP contribution in [-0.4, -0.2) is 145 Å². The maximum Gasteiger partial charge on any atom is 0.490 e. The number of nitrogens with one attached hydrogen (secondary N) is 1. The Kier molecular flexibility index (Phi) is 13.6. The van der Waals surface area contributed by atoms with Crippen molar-refractivity contribution in [1.29, 1.82) is 0 Å². The predicted molar refractivity (Wildman–Crippen MR) is 216 cm³/mol. The van der Waals surface area contributed by atoms with E-state index in [9.17, 15) is 33.3 Å². The van der Waals surface area contributed by atoms with Gasteiger partial charge >= 0.3 is 18.2 Å². The lowest BCUT2D eigenvalue weighted by Gasteiger charge is -2.37. The number of nitrogens with zero attached hydrogens (tertiary/aromatic N) is 7. The second-order valence-corrected chi connectivity index (χ2v) is 14.9. The highest BCUT2D eigenvalue weighted by molar-refractivity contribution is 5.84. The smallest absolute Gasteiger partial charge is 0.475 e. The Bertz CT molecular complexity index is 2170. The highest BCUT2D eigenvalue weighted by Crippen LogP contribution is 2.35. The van der Waals surface area contributed by atoms with Crippen molar-refractivity contribution in [2.75, 3.05) is 62.6 Å². The van der Waals surface area contributed by atoms with Crippen LogP contribution in [-0.2, 0) is 20.9 Å². The molecule has 3 aromatic carbocycles. The molecule has 0 saturated carbocycles. The van der Waals surface area contributed by atoms with Crippen molar-refractivity contribution in [3.05, 3.63) is 114 Å². The molecule has 2 aromatic heterocycles. The SMILES string of the molecule is O=C(O)C(F)(F)F.O=C(OCc1ccccc1)N1CCN(C2CCN(c3nc(NCC(c4ccccc4)c4ccccc4)c4ncn([C@@H]5O[C@H](CO)[C@@H](O)[C@H]5O)c4n3)C2)CC1. The zero-order valence-corrected chi connectivity index (χ0v) is 33.0. The van der Waals surface area contributed by atoms with Crippen LogP contribution in [0.5, 0.6) is 0 Å². The molecule has 5 aromatic rings. The number of aliphatic carboxylic acids is 1. The zero-order valence-electron chi connectivity index (χ0n) is 33.0. The summed E-state index contributed by atoms with van der Waals surface area (Å²) < 4.78 is 44.8. The van der Waals surface area contributed by atoms with Crippen LogP contribution in [0, 0.1) is 0 Å². The number of hydrogen-bond acceptors (Lipinski definition) is 13. The number of carboxylic acid groups (broad SMARTS) is 1. The van der Waals surface area contributed by atoms with E-state index in [1.165, 1.54) is 6.33 Å². The Morgan fingerprint density at radius 3 is 2.05 bits per heavy atom. The minimum absolute atomic E-state index is 0.0221. The monoisotopic (exact) mass is 848 g/mol. The summed E-state index contributed by atoms with van der Waals surface area (Å²) >= 11 is 0. The first-order valence-electron chi connectivity index (χ1n) is 19.9. The number of alkyl halides is 3. The molecule has 0 radical (unpaired) electrons. The first-order valence-corrected chi connectivity index (χ1v) is 19.9. The highest BCUT2D eigenvalue weighted by atomic mass is 19.4. The number of imidazole rings is 1. The summed E-state index contributed by atoms with van der Waals surface area (Å²) in [6, 6.07) is 30.6. The molecule has 1 unspecified atom stereocenters. The third-order valence-corrected chi connectivity index (χ3v) is 11.1. The predicted octanol–water partition coefficient (Wildman–Crippen LogP) is 3.85. The molecule has 3 aliphatic heterocycles. The van der Waals surface area contributed by atoms with Crippen molar-refractivity contribution in [3.63, 3.8) is 0 Å². The van der Waals surface area contributed by atoms with E-state index in [1.54, 1.807) is 9.47 Å².